The molecule has 104 valence electrons. The third kappa shape index (κ3) is 5.55. The van der Waals surface area contributed by atoms with Crippen molar-refractivity contribution in [3.05, 3.63) is 29.8 Å². The summed E-state index contributed by atoms with van der Waals surface area (Å²) in [5.41, 5.74) is -0.123. The summed E-state index contributed by atoms with van der Waals surface area (Å²) in [5.74, 6) is -0.160. The van der Waals surface area contributed by atoms with Gasteiger partial charge in [0.1, 0.15) is 17.8 Å². The molecule has 1 rings (SSSR count). The van der Waals surface area contributed by atoms with E-state index >= 15 is 0 Å². The molecule has 4 heteroatoms. The van der Waals surface area contributed by atoms with Crippen LogP contribution in [0.3, 0.4) is 0 Å². The molecule has 0 bridgehead atoms. The normalized spacial score (nSPS) is 10.9. The fourth-order valence-electron chi connectivity index (χ4n) is 1.54. The van der Waals surface area contributed by atoms with E-state index in [1.807, 2.05) is 6.92 Å². The van der Waals surface area contributed by atoms with Crippen molar-refractivity contribution < 1.29 is 19.1 Å². The Hall–Kier alpha value is -1.84. The van der Waals surface area contributed by atoms with E-state index in [1.165, 1.54) is 0 Å². The van der Waals surface area contributed by atoms with E-state index < -0.39 is 11.6 Å². The van der Waals surface area contributed by atoms with E-state index in [4.69, 9.17) is 9.47 Å². The van der Waals surface area contributed by atoms with E-state index in [0.717, 1.165) is 0 Å². The van der Waals surface area contributed by atoms with E-state index in [0.29, 0.717) is 17.9 Å². The average molecular weight is 264 g/mol. The zero-order valence-corrected chi connectivity index (χ0v) is 11.9. The fourth-order valence-corrected chi connectivity index (χ4v) is 1.54. The second-order valence-corrected chi connectivity index (χ2v) is 5.15. The molecule has 0 N–H and O–H groups in total. The molecule has 0 radical (unpaired) electrons. The van der Waals surface area contributed by atoms with Gasteiger partial charge in [-0.25, -0.2) is 0 Å². The van der Waals surface area contributed by atoms with Crippen LogP contribution in [0.15, 0.2) is 24.3 Å². The lowest BCUT2D eigenvalue weighted by molar-refractivity contribution is -0.153. The average Bonchev–Trinajstić information content (AvgIpc) is 2.27. The van der Waals surface area contributed by atoms with Crippen molar-refractivity contribution in [2.75, 3.05) is 6.61 Å². The standard InChI is InChI=1S/C15H20O4/c1-5-18-12-8-6-7-11(9-12)13(16)10-14(17)19-15(2,3)4/h6-9H,5,10H2,1-4H3. The summed E-state index contributed by atoms with van der Waals surface area (Å²) in [6.45, 7) is 7.71. The van der Waals surface area contributed by atoms with Gasteiger partial charge in [0.2, 0.25) is 0 Å². The molecule has 0 aliphatic carbocycles. The van der Waals surface area contributed by atoms with Crippen LogP contribution in [0.25, 0.3) is 0 Å². The van der Waals surface area contributed by atoms with Crippen LogP contribution in [-0.2, 0) is 9.53 Å². The van der Waals surface area contributed by atoms with Crippen molar-refractivity contribution in [2.24, 2.45) is 0 Å². The first-order valence-electron chi connectivity index (χ1n) is 6.29. The largest absolute Gasteiger partial charge is 0.494 e. The molecule has 0 aromatic heterocycles. The molecule has 0 heterocycles. The Bertz CT molecular complexity index is 457. The number of carbonyl (C=O) groups is 2. The van der Waals surface area contributed by atoms with Gasteiger partial charge >= 0.3 is 5.97 Å². The minimum atomic E-state index is -0.579. The second-order valence-electron chi connectivity index (χ2n) is 5.15. The lowest BCUT2D eigenvalue weighted by Gasteiger charge is -2.19. The number of benzene rings is 1. The van der Waals surface area contributed by atoms with Crippen LogP contribution in [0, 0.1) is 0 Å². The Morgan fingerprint density at radius 3 is 2.47 bits per heavy atom. The van der Waals surface area contributed by atoms with Crippen molar-refractivity contribution in [1.29, 1.82) is 0 Å². The summed E-state index contributed by atoms with van der Waals surface area (Å²) in [4.78, 5) is 23.5. The minimum absolute atomic E-state index is 0.257. The number of esters is 1. The molecule has 19 heavy (non-hydrogen) atoms. The maximum Gasteiger partial charge on any atom is 0.314 e. The van der Waals surface area contributed by atoms with Gasteiger partial charge in [0, 0.05) is 5.56 Å². The SMILES string of the molecule is CCOc1cccc(C(=O)CC(=O)OC(C)(C)C)c1. The smallest absolute Gasteiger partial charge is 0.314 e. The molecule has 0 atom stereocenters. The van der Waals surface area contributed by atoms with Gasteiger partial charge in [-0.3, -0.25) is 9.59 Å². The molecule has 0 saturated carbocycles. The number of ketones is 1. The summed E-state index contributed by atoms with van der Waals surface area (Å²) in [6.07, 6.45) is -0.257. The Morgan fingerprint density at radius 1 is 1.21 bits per heavy atom. The maximum absolute atomic E-state index is 11.9. The number of hydrogen-bond donors (Lipinski definition) is 0. The summed E-state index contributed by atoms with van der Waals surface area (Å²) in [6, 6.07) is 6.80. The van der Waals surface area contributed by atoms with Crippen molar-refractivity contribution in [1.82, 2.24) is 0 Å². The number of carbonyl (C=O) groups excluding carboxylic acids is 2. The van der Waals surface area contributed by atoms with Gasteiger partial charge < -0.3 is 9.47 Å². The second kappa shape index (κ2) is 6.36. The molecule has 0 fully saturated rings. The van der Waals surface area contributed by atoms with Gasteiger partial charge in [0.15, 0.2) is 5.78 Å². The topological polar surface area (TPSA) is 52.6 Å². The lowest BCUT2D eigenvalue weighted by Crippen LogP contribution is -2.25. The molecule has 1 aromatic rings. The van der Waals surface area contributed by atoms with Crippen molar-refractivity contribution in [3.63, 3.8) is 0 Å². The third-order valence-electron chi connectivity index (χ3n) is 2.19. The van der Waals surface area contributed by atoms with Crippen LogP contribution in [0.2, 0.25) is 0 Å². The van der Waals surface area contributed by atoms with E-state index in [2.05, 4.69) is 0 Å². The zero-order chi connectivity index (χ0) is 14.5. The zero-order valence-electron chi connectivity index (χ0n) is 11.9. The lowest BCUT2D eigenvalue weighted by atomic mass is 10.1. The third-order valence-corrected chi connectivity index (χ3v) is 2.19. The Labute approximate surface area is 113 Å². The molecule has 4 nitrogen and oxygen atoms in total. The van der Waals surface area contributed by atoms with Gasteiger partial charge in [0.25, 0.3) is 0 Å². The first-order chi connectivity index (χ1) is 8.81. The van der Waals surface area contributed by atoms with Gasteiger partial charge in [-0.05, 0) is 39.8 Å². The van der Waals surface area contributed by atoms with Crippen molar-refractivity contribution >= 4 is 11.8 Å². The molecule has 0 unspecified atom stereocenters. The molecule has 0 spiro atoms. The number of ether oxygens (including phenoxy) is 2. The highest BCUT2D eigenvalue weighted by molar-refractivity contribution is 6.06. The number of rotatable bonds is 5. The van der Waals surface area contributed by atoms with Crippen LogP contribution in [-0.4, -0.2) is 24.0 Å². The summed E-state index contributed by atoms with van der Waals surface area (Å²) in [5, 5.41) is 0. The highest BCUT2D eigenvalue weighted by atomic mass is 16.6. The molecule has 0 amide bonds. The van der Waals surface area contributed by atoms with E-state index in [-0.39, 0.29) is 12.2 Å². The minimum Gasteiger partial charge on any atom is -0.494 e. The van der Waals surface area contributed by atoms with Crippen LogP contribution in [0.1, 0.15) is 44.5 Å². The maximum atomic E-state index is 11.9. The molecule has 0 aliphatic rings. The summed E-state index contributed by atoms with van der Waals surface area (Å²) >= 11 is 0. The molecular formula is C15H20O4. The van der Waals surface area contributed by atoms with Crippen molar-refractivity contribution in [3.8, 4) is 5.75 Å². The highest BCUT2D eigenvalue weighted by Gasteiger charge is 2.19. The summed E-state index contributed by atoms with van der Waals surface area (Å²) < 4.78 is 10.4. The quantitative estimate of drug-likeness (QED) is 0.466. The Morgan fingerprint density at radius 2 is 1.89 bits per heavy atom. The molecule has 1 aromatic carbocycles. The molecule has 0 aliphatic heterocycles. The van der Waals surface area contributed by atoms with Crippen LogP contribution in [0.4, 0.5) is 0 Å². The van der Waals surface area contributed by atoms with E-state index in [9.17, 15) is 9.59 Å². The first kappa shape index (κ1) is 15.2. The predicted molar refractivity (Wildman–Crippen MR) is 72.4 cm³/mol. The monoisotopic (exact) mass is 264 g/mol. The van der Waals surface area contributed by atoms with E-state index in [1.54, 1.807) is 45.0 Å². The number of hydrogen-bond acceptors (Lipinski definition) is 4. The van der Waals surface area contributed by atoms with Crippen LogP contribution >= 0.6 is 0 Å². The van der Waals surface area contributed by atoms with Gasteiger partial charge in [-0.2, -0.15) is 0 Å². The molecule has 0 saturated heterocycles. The van der Waals surface area contributed by atoms with Crippen LogP contribution < -0.4 is 4.74 Å². The predicted octanol–water partition coefficient (Wildman–Crippen LogP) is 3.00. The Kier molecular flexibility index (Phi) is 5.10. The first-order valence-corrected chi connectivity index (χ1v) is 6.29. The summed E-state index contributed by atoms with van der Waals surface area (Å²) in [7, 11) is 0. The highest BCUT2D eigenvalue weighted by Crippen LogP contribution is 2.16. The van der Waals surface area contributed by atoms with Crippen LogP contribution in [0.5, 0.6) is 5.75 Å². The fraction of sp³-hybridized carbons (Fsp3) is 0.467. The number of Topliss-reactive ketones (excluding diaryl/α,β-unsaturated/α-hetero) is 1. The van der Waals surface area contributed by atoms with Gasteiger partial charge in [-0.15, -0.1) is 0 Å². The van der Waals surface area contributed by atoms with Gasteiger partial charge in [-0.1, -0.05) is 12.1 Å². The van der Waals surface area contributed by atoms with Gasteiger partial charge in [0.05, 0.1) is 6.61 Å². The Balaban J connectivity index is 2.68. The van der Waals surface area contributed by atoms with Crippen molar-refractivity contribution in [2.45, 2.75) is 39.7 Å². The molecular weight excluding hydrogens is 244 g/mol.